The van der Waals surface area contributed by atoms with Crippen molar-refractivity contribution in [1.29, 1.82) is 0 Å². The van der Waals surface area contributed by atoms with Gasteiger partial charge in [-0.2, -0.15) is 5.10 Å². The minimum atomic E-state index is -1.03. The van der Waals surface area contributed by atoms with Gasteiger partial charge in [-0.15, -0.1) is 0 Å². The van der Waals surface area contributed by atoms with E-state index in [1.807, 2.05) is 6.92 Å². The smallest absolute Gasteiger partial charge is 0.354 e. The molecular formula is C15H15N3O4. The molecule has 1 aromatic heterocycles. The van der Waals surface area contributed by atoms with E-state index in [9.17, 15) is 9.59 Å². The number of carbonyl (C=O) groups is 2. The van der Waals surface area contributed by atoms with Crippen molar-refractivity contribution in [2.24, 2.45) is 7.05 Å². The summed E-state index contributed by atoms with van der Waals surface area (Å²) >= 11 is 0. The maximum absolute atomic E-state index is 11.9. The zero-order valence-electron chi connectivity index (χ0n) is 12.2. The van der Waals surface area contributed by atoms with E-state index in [2.05, 4.69) is 5.10 Å². The van der Waals surface area contributed by atoms with E-state index in [4.69, 9.17) is 9.84 Å². The highest BCUT2D eigenvalue weighted by Gasteiger charge is 2.25. The number of anilines is 1. The SMILES string of the molecule is CCN1C(=O)COc2ccc(-c3cc(C(=O)O)n(C)n3)cc21. The second-order valence-corrected chi connectivity index (χ2v) is 4.95. The van der Waals surface area contributed by atoms with E-state index in [-0.39, 0.29) is 18.2 Å². The maximum atomic E-state index is 11.9. The number of benzene rings is 1. The Kier molecular flexibility index (Phi) is 3.32. The standard InChI is InChI=1S/C15H15N3O4/c1-3-18-11-6-9(4-5-13(11)22-8-14(18)19)10-7-12(15(20)21)17(2)16-10/h4-7H,3,8H2,1-2H3,(H,20,21). The van der Waals surface area contributed by atoms with Crippen molar-refractivity contribution in [1.82, 2.24) is 9.78 Å². The number of fused-ring (bicyclic) bond motifs is 1. The van der Waals surface area contributed by atoms with Crippen LogP contribution < -0.4 is 9.64 Å². The molecule has 3 rings (SSSR count). The summed E-state index contributed by atoms with van der Waals surface area (Å²) in [5.74, 6) is -0.494. The highest BCUT2D eigenvalue weighted by molar-refractivity contribution is 5.98. The first-order valence-corrected chi connectivity index (χ1v) is 6.86. The lowest BCUT2D eigenvalue weighted by atomic mass is 10.1. The van der Waals surface area contributed by atoms with Crippen molar-refractivity contribution in [3.05, 3.63) is 30.0 Å². The van der Waals surface area contributed by atoms with Gasteiger partial charge < -0.3 is 14.7 Å². The Morgan fingerprint density at radius 1 is 1.41 bits per heavy atom. The molecule has 7 heteroatoms. The van der Waals surface area contributed by atoms with Gasteiger partial charge in [0, 0.05) is 19.2 Å². The molecule has 22 heavy (non-hydrogen) atoms. The largest absolute Gasteiger partial charge is 0.482 e. The summed E-state index contributed by atoms with van der Waals surface area (Å²) in [4.78, 5) is 24.6. The molecule has 1 aliphatic heterocycles. The number of rotatable bonds is 3. The number of nitrogens with zero attached hydrogens (tertiary/aromatic N) is 3. The van der Waals surface area contributed by atoms with Gasteiger partial charge in [-0.05, 0) is 31.2 Å². The van der Waals surface area contributed by atoms with Crippen molar-refractivity contribution in [2.75, 3.05) is 18.1 Å². The number of hydrogen-bond acceptors (Lipinski definition) is 4. The number of amides is 1. The molecule has 1 amide bonds. The first-order chi connectivity index (χ1) is 10.5. The van der Waals surface area contributed by atoms with Gasteiger partial charge in [0.05, 0.1) is 11.4 Å². The van der Waals surface area contributed by atoms with Crippen LogP contribution in [0.25, 0.3) is 11.3 Å². The molecule has 0 saturated carbocycles. The Balaban J connectivity index is 2.07. The number of carboxylic acid groups (broad SMARTS) is 1. The van der Waals surface area contributed by atoms with Crippen molar-refractivity contribution in [3.8, 4) is 17.0 Å². The van der Waals surface area contributed by atoms with Gasteiger partial charge in [0.2, 0.25) is 0 Å². The van der Waals surface area contributed by atoms with Crippen LogP contribution in [0.1, 0.15) is 17.4 Å². The van der Waals surface area contributed by atoms with Crippen LogP contribution in [0.15, 0.2) is 24.3 Å². The summed E-state index contributed by atoms with van der Waals surface area (Å²) in [7, 11) is 1.58. The van der Waals surface area contributed by atoms with Crippen molar-refractivity contribution < 1.29 is 19.4 Å². The zero-order chi connectivity index (χ0) is 15.9. The first kappa shape index (κ1) is 14.1. The van der Waals surface area contributed by atoms with Gasteiger partial charge in [-0.3, -0.25) is 9.48 Å². The second kappa shape index (κ2) is 5.18. The molecule has 2 heterocycles. The molecule has 0 spiro atoms. The summed E-state index contributed by atoms with van der Waals surface area (Å²) in [6.07, 6.45) is 0. The third-order valence-electron chi connectivity index (χ3n) is 3.61. The van der Waals surface area contributed by atoms with Crippen LogP contribution in [-0.4, -0.2) is 39.9 Å². The van der Waals surface area contributed by atoms with Crippen LogP contribution in [-0.2, 0) is 11.8 Å². The summed E-state index contributed by atoms with van der Waals surface area (Å²) in [6.45, 7) is 2.47. The van der Waals surface area contributed by atoms with Crippen molar-refractivity contribution in [3.63, 3.8) is 0 Å². The minimum absolute atomic E-state index is 0.0347. The Morgan fingerprint density at radius 3 is 2.82 bits per heavy atom. The molecule has 1 aliphatic rings. The van der Waals surface area contributed by atoms with Crippen LogP contribution in [0.4, 0.5) is 5.69 Å². The molecule has 1 N–H and O–H groups in total. The molecule has 7 nitrogen and oxygen atoms in total. The fraction of sp³-hybridized carbons (Fsp3) is 0.267. The fourth-order valence-corrected chi connectivity index (χ4v) is 2.52. The number of carboxylic acids is 1. The highest BCUT2D eigenvalue weighted by Crippen LogP contribution is 2.35. The van der Waals surface area contributed by atoms with Crippen LogP contribution in [0.5, 0.6) is 5.75 Å². The number of aromatic carboxylic acids is 1. The predicted molar refractivity (Wildman–Crippen MR) is 79.1 cm³/mol. The van der Waals surface area contributed by atoms with E-state index in [1.54, 1.807) is 30.1 Å². The molecule has 0 atom stereocenters. The molecule has 0 unspecified atom stereocenters. The summed E-state index contributed by atoms with van der Waals surface area (Å²) in [5, 5.41) is 13.3. The molecule has 0 radical (unpaired) electrons. The molecule has 114 valence electrons. The molecule has 0 saturated heterocycles. The first-order valence-electron chi connectivity index (χ1n) is 6.86. The summed E-state index contributed by atoms with van der Waals surface area (Å²) in [5.41, 5.74) is 2.06. The summed E-state index contributed by atoms with van der Waals surface area (Å²) < 4.78 is 6.73. The maximum Gasteiger partial charge on any atom is 0.354 e. The third kappa shape index (κ3) is 2.20. The topological polar surface area (TPSA) is 84.7 Å². The minimum Gasteiger partial charge on any atom is -0.482 e. The number of aryl methyl sites for hydroxylation is 1. The Morgan fingerprint density at radius 2 is 2.18 bits per heavy atom. The lowest BCUT2D eigenvalue weighted by Gasteiger charge is -2.28. The lowest BCUT2D eigenvalue weighted by Crippen LogP contribution is -2.38. The molecular weight excluding hydrogens is 286 g/mol. The van der Waals surface area contributed by atoms with Crippen LogP contribution in [0.3, 0.4) is 0 Å². The monoisotopic (exact) mass is 301 g/mol. The number of ether oxygens (including phenoxy) is 1. The van der Waals surface area contributed by atoms with Crippen molar-refractivity contribution in [2.45, 2.75) is 6.92 Å². The number of carbonyl (C=O) groups excluding carboxylic acids is 1. The number of hydrogen-bond donors (Lipinski definition) is 1. The van der Waals surface area contributed by atoms with E-state index in [1.165, 1.54) is 10.7 Å². The van der Waals surface area contributed by atoms with Gasteiger partial charge in [0.25, 0.3) is 5.91 Å². The second-order valence-electron chi connectivity index (χ2n) is 4.95. The van der Waals surface area contributed by atoms with Crippen LogP contribution in [0.2, 0.25) is 0 Å². The highest BCUT2D eigenvalue weighted by atomic mass is 16.5. The number of aromatic nitrogens is 2. The summed E-state index contributed by atoms with van der Waals surface area (Å²) in [6, 6.07) is 6.88. The molecule has 0 aliphatic carbocycles. The predicted octanol–water partition coefficient (Wildman–Crippen LogP) is 1.53. The van der Waals surface area contributed by atoms with E-state index < -0.39 is 5.97 Å². The van der Waals surface area contributed by atoms with Gasteiger partial charge in [-0.25, -0.2) is 4.79 Å². The number of likely N-dealkylation sites (N-methyl/N-ethyl adjacent to an activating group) is 1. The Bertz CT molecular complexity index is 766. The van der Waals surface area contributed by atoms with Gasteiger partial charge >= 0.3 is 5.97 Å². The van der Waals surface area contributed by atoms with Gasteiger partial charge in [-0.1, -0.05) is 0 Å². The average molecular weight is 301 g/mol. The van der Waals surface area contributed by atoms with Gasteiger partial charge in [0.15, 0.2) is 6.61 Å². The van der Waals surface area contributed by atoms with Crippen molar-refractivity contribution >= 4 is 17.6 Å². The Hall–Kier alpha value is -2.83. The van der Waals surface area contributed by atoms with Gasteiger partial charge in [0.1, 0.15) is 11.4 Å². The quantitative estimate of drug-likeness (QED) is 0.929. The van der Waals surface area contributed by atoms with E-state index >= 15 is 0 Å². The third-order valence-corrected chi connectivity index (χ3v) is 3.61. The molecule has 1 aromatic carbocycles. The van der Waals surface area contributed by atoms with Crippen LogP contribution >= 0.6 is 0 Å². The molecule has 0 fully saturated rings. The lowest BCUT2D eigenvalue weighted by molar-refractivity contribution is -0.121. The van der Waals surface area contributed by atoms with Crippen LogP contribution in [0, 0.1) is 0 Å². The average Bonchev–Trinajstić information content (AvgIpc) is 2.89. The Labute approximate surface area is 126 Å². The zero-order valence-corrected chi connectivity index (χ0v) is 12.2. The normalized spacial score (nSPS) is 13.7. The van der Waals surface area contributed by atoms with E-state index in [0.29, 0.717) is 23.7 Å². The molecule has 2 aromatic rings. The van der Waals surface area contributed by atoms with E-state index in [0.717, 1.165) is 5.56 Å². The fourth-order valence-electron chi connectivity index (χ4n) is 2.52. The molecule has 0 bridgehead atoms.